The third-order valence-electron chi connectivity index (χ3n) is 1.68. The Morgan fingerprint density at radius 2 is 2.27 bits per heavy atom. The summed E-state index contributed by atoms with van der Waals surface area (Å²) in [5.41, 5.74) is 0. The topological polar surface area (TPSA) is 90.3 Å². The SMILES string of the molecule is CC(=O)N=S(N)(=O)c1ccn(C(C)C)n1. The van der Waals surface area contributed by atoms with Gasteiger partial charge in [0.15, 0.2) is 14.9 Å². The highest BCUT2D eigenvalue weighted by Crippen LogP contribution is 2.09. The van der Waals surface area contributed by atoms with E-state index in [0.717, 1.165) is 0 Å². The molecule has 0 saturated carbocycles. The Hall–Kier alpha value is -1.21. The summed E-state index contributed by atoms with van der Waals surface area (Å²) in [6.45, 7) is 5.06. The fourth-order valence-electron chi connectivity index (χ4n) is 1.00. The van der Waals surface area contributed by atoms with Crippen LogP contribution in [0.25, 0.3) is 0 Å². The van der Waals surface area contributed by atoms with E-state index in [1.807, 2.05) is 13.8 Å². The first kappa shape index (κ1) is 11.9. The largest absolute Gasteiger partial charge is 0.272 e. The molecular weight excluding hydrogens is 216 g/mol. The Labute approximate surface area is 88.8 Å². The van der Waals surface area contributed by atoms with Crippen LogP contribution in [0.5, 0.6) is 0 Å². The third-order valence-corrected chi connectivity index (χ3v) is 3.02. The lowest BCUT2D eigenvalue weighted by molar-refractivity contribution is -0.115. The summed E-state index contributed by atoms with van der Waals surface area (Å²) in [5, 5.41) is 9.55. The first-order valence-electron chi connectivity index (χ1n) is 4.43. The molecule has 1 rings (SSSR count). The van der Waals surface area contributed by atoms with Crippen LogP contribution in [0.2, 0.25) is 0 Å². The second kappa shape index (κ2) is 4.11. The van der Waals surface area contributed by atoms with Gasteiger partial charge in [-0.3, -0.25) is 9.48 Å². The first-order valence-corrected chi connectivity index (χ1v) is 6.01. The molecular formula is C8H14N4O2S. The van der Waals surface area contributed by atoms with E-state index in [-0.39, 0.29) is 11.1 Å². The third kappa shape index (κ3) is 2.87. The zero-order chi connectivity index (χ0) is 11.6. The molecule has 1 unspecified atom stereocenters. The average molecular weight is 230 g/mol. The van der Waals surface area contributed by atoms with E-state index in [9.17, 15) is 9.00 Å². The van der Waals surface area contributed by atoms with Gasteiger partial charge in [-0.2, -0.15) is 5.10 Å². The zero-order valence-corrected chi connectivity index (χ0v) is 9.69. The van der Waals surface area contributed by atoms with Crippen molar-refractivity contribution in [1.82, 2.24) is 9.78 Å². The van der Waals surface area contributed by atoms with Crippen LogP contribution in [-0.2, 0) is 14.7 Å². The van der Waals surface area contributed by atoms with Crippen molar-refractivity contribution >= 4 is 15.8 Å². The van der Waals surface area contributed by atoms with Gasteiger partial charge in [-0.15, -0.1) is 4.36 Å². The van der Waals surface area contributed by atoms with Crippen molar-refractivity contribution in [1.29, 1.82) is 0 Å². The molecule has 0 bridgehead atoms. The highest BCUT2D eigenvalue weighted by Gasteiger charge is 2.12. The second-order valence-corrected chi connectivity index (χ2v) is 5.14. The number of rotatable bonds is 2. The van der Waals surface area contributed by atoms with Crippen LogP contribution >= 0.6 is 0 Å². The Bertz CT molecular complexity index is 483. The molecule has 84 valence electrons. The maximum absolute atomic E-state index is 11.7. The van der Waals surface area contributed by atoms with Crippen LogP contribution in [0.1, 0.15) is 26.8 Å². The minimum absolute atomic E-state index is 0.131. The normalized spacial score (nSPS) is 15.0. The van der Waals surface area contributed by atoms with Crippen LogP contribution in [0.4, 0.5) is 0 Å². The maximum atomic E-state index is 11.7. The monoisotopic (exact) mass is 230 g/mol. The molecule has 1 aromatic heterocycles. The van der Waals surface area contributed by atoms with Crippen molar-refractivity contribution in [2.45, 2.75) is 31.8 Å². The van der Waals surface area contributed by atoms with Gasteiger partial charge in [0.05, 0.1) is 0 Å². The number of aromatic nitrogens is 2. The van der Waals surface area contributed by atoms with Gasteiger partial charge in [-0.05, 0) is 19.9 Å². The minimum Gasteiger partial charge on any atom is -0.272 e. The van der Waals surface area contributed by atoms with Crippen LogP contribution in [0.3, 0.4) is 0 Å². The van der Waals surface area contributed by atoms with Gasteiger partial charge in [-0.25, -0.2) is 9.35 Å². The predicted molar refractivity (Wildman–Crippen MR) is 56.3 cm³/mol. The van der Waals surface area contributed by atoms with Gasteiger partial charge in [0.2, 0.25) is 0 Å². The molecule has 0 radical (unpaired) electrons. The number of nitrogens with zero attached hydrogens (tertiary/aromatic N) is 3. The Morgan fingerprint density at radius 3 is 2.67 bits per heavy atom. The van der Waals surface area contributed by atoms with E-state index in [1.165, 1.54) is 13.0 Å². The molecule has 0 fully saturated rings. The highest BCUT2D eigenvalue weighted by molar-refractivity contribution is 7.91. The fourth-order valence-corrected chi connectivity index (χ4v) is 1.94. The smallest absolute Gasteiger partial charge is 0.252 e. The number of hydrogen-bond acceptors (Lipinski definition) is 3. The van der Waals surface area contributed by atoms with E-state index in [4.69, 9.17) is 5.14 Å². The van der Waals surface area contributed by atoms with E-state index in [2.05, 4.69) is 9.46 Å². The summed E-state index contributed by atoms with van der Waals surface area (Å²) in [5.74, 6) is -0.568. The Morgan fingerprint density at radius 1 is 1.67 bits per heavy atom. The lowest BCUT2D eigenvalue weighted by atomic mass is 10.4. The van der Waals surface area contributed by atoms with Crippen LogP contribution in [-0.4, -0.2) is 19.9 Å². The molecule has 0 aromatic carbocycles. The predicted octanol–water partition coefficient (Wildman–Crippen LogP) is 0.711. The number of nitrogens with two attached hydrogens (primary N) is 1. The summed E-state index contributed by atoms with van der Waals surface area (Å²) in [4.78, 5) is 10.7. The lowest BCUT2D eigenvalue weighted by Gasteiger charge is -2.03. The molecule has 1 heterocycles. The summed E-state index contributed by atoms with van der Waals surface area (Å²) in [6.07, 6.45) is 1.65. The van der Waals surface area contributed by atoms with Gasteiger partial charge >= 0.3 is 0 Å². The molecule has 0 saturated heterocycles. The van der Waals surface area contributed by atoms with Crippen LogP contribution < -0.4 is 5.14 Å². The number of carbonyl (C=O) groups excluding carboxylic acids is 1. The van der Waals surface area contributed by atoms with Gasteiger partial charge in [0.25, 0.3) is 5.91 Å². The van der Waals surface area contributed by atoms with E-state index >= 15 is 0 Å². The first-order chi connectivity index (χ1) is 6.83. The number of hydrogen-bond donors (Lipinski definition) is 1. The van der Waals surface area contributed by atoms with E-state index < -0.39 is 15.8 Å². The number of carbonyl (C=O) groups is 1. The molecule has 15 heavy (non-hydrogen) atoms. The van der Waals surface area contributed by atoms with Crippen molar-refractivity contribution in [3.05, 3.63) is 12.3 Å². The Kier molecular flexibility index (Phi) is 3.25. The summed E-state index contributed by atoms with van der Waals surface area (Å²) >= 11 is 0. The van der Waals surface area contributed by atoms with Crippen molar-refractivity contribution in [2.24, 2.45) is 9.50 Å². The Balaban J connectivity index is 3.17. The molecule has 0 aliphatic heterocycles. The van der Waals surface area contributed by atoms with Gasteiger partial charge < -0.3 is 0 Å². The molecule has 1 atom stereocenters. The van der Waals surface area contributed by atoms with Crippen LogP contribution in [0, 0.1) is 0 Å². The molecule has 0 aliphatic rings. The van der Waals surface area contributed by atoms with Crippen molar-refractivity contribution in [3.8, 4) is 0 Å². The molecule has 1 amide bonds. The van der Waals surface area contributed by atoms with Gasteiger partial charge in [0, 0.05) is 19.2 Å². The molecule has 2 N–H and O–H groups in total. The fraction of sp³-hybridized carbons (Fsp3) is 0.500. The molecule has 0 aliphatic carbocycles. The standard InChI is InChI=1S/C8H14N4O2S/c1-6(2)12-5-4-8(10-12)15(9,14)11-7(3)13/h4-6H,1-3H3,(H2,9,11,13,14). The van der Waals surface area contributed by atoms with Gasteiger partial charge in [0.1, 0.15) is 0 Å². The number of amides is 1. The molecule has 0 spiro atoms. The van der Waals surface area contributed by atoms with Crippen LogP contribution in [0.15, 0.2) is 21.7 Å². The van der Waals surface area contributed by atoms with Gasteiger partial charge in [-0.1, -0.05) is 0 Å². The second-order valence-electron chi connectivity index (χ2n) is 3.41. The summed E-state index contributed by atoms with van der Waals surface area (Å²) in [7, 11) is -3.18. The summed E-state index contributed by atoms with van der Waals surface area (Å²) < 4.78 is 16.7. The van der Waals surface area contributed by atoms with E-state index in [0.29, 0.717) is 0 Å². The van der Waals surface area contributed by atoms with E-state index in [1.54, 1.807) is 10.9 Å². The highest BCUT2D eigenvalue weighted by atomic mass is 32.2. The average Bonchev–Trinajstić information content (AvgIpc) is 2.48. The van der Waals surface area contributed by atoms with Crippen molar-refractivity contribution in [3.63, 3.8) is 0 Å². The van der Waals surface area contributed by atoms with Crippen molar-refractivity contribution in [2.75, 3.05) is 0 Å². The van der Waals surface area contributed by atoms with Crippen molar-refractivity contribution < 1.29 is 9.00 Å². The molecule has 7 heteroatoms. The zero-order valence-electron chi connectivity index (χ0n) is 8.88. The quantitative estimate of drug-likeness (QED) is 0.811. The minimum atomic E-state index is -3.18. The summed E-state index contributed by atoms with van der Waals surface area (Å²) in [6, 6.07) is 1.65. The molecule has 6 nitrogen and oxygen atoms in total. The molecule has 1 aromatic rings. The lowest BCUT2D eigenvalue weighted by Crippen LogP contribution is -2.15. The maximum Gasteiger partial charge on any atom is 0.252 e.